The fraction of sp³-hybridized carbons (Fsp3) is 0.389. The number of rotatable bonds is 5. The third kappa shape index (κ3) is 4.32. The van der Waals surface area contributed by atoms with Crippen molar-refractivity contribution in [2.24, 2.45) is 0 Å². The van der Waals surface area contributed by atoms with Gasteiger partial charge in [-0.2, -0.15) is 0 Å². The molecule has 1 aromatic carbocycles. The van der Waals surface area contributed by atoms with E-state index in [2.05, 4.69) is 4.90 Å². The van der Waals surface area contributed by atoms with Crippen molar-refractivity contribution >= 4 is 34.9 Å². The molecule has 26 heavy (non-hydrogen) atoms. The molecule has 2 fully saturated rings. The molecule has 2 aliphatic heterocycles. The highest BCUT2D eigenvalue weighted by molar-refractivity contribution is 8.18. The summed E-state index contributed by atoms with van der Waals surface area (Å²) in [6.07, 6.45) is 1.67. The second-order valence-corrected chi connectivity index (χ2v) is 7.12. The Morgan fingerprint density at radius 2 is 1.81 bits per heavy atom. The number of carbonyl (C=O) groups is 3. The van der Waals surface area contributed by atoms with Crippen LogP contribution in [0.1, 0.15) is 5.56 Å². The zero-order chi connectivity index (χ0) is 18.5. The van der Waals surface area contributed by atoms with Gasteiger partial charge in [0.2, 0.25) is 5.91 Å². The first kappa shape index (κ1) is 18.6. The summed E-state index contributed by atoms with van der Waals surface area (Å²) in [6, 6.07) is 9.30. The molecule has 2 heterocycles. The Kier molecular flexibility index (Phi) is 6.08. The number of imide groups is 1. The average Bonchev–Trinajstić information content (AvgIpc) is 2.91. The Labute approximate surface area is 156 Å². The van der Waals surface area contributed by atoms with Crippen molar-refractivity contribution in [3.05, 3.63) is 40.8 Å². The summed E-state index contributed by atoms with van der Waals surface area (Å²) in [5.41, 5.74) is 0.837. The van der Waals surface area contributed by atoms with Crippen molar-refractivity contribution in [3.8, 4) is 0 Å². The number of piperazine rings is 1. The molecule has 0 aliphatic carbocycles. The van der Waals surface area contributed by atoms with Crippen molar-refractivity contribution in [2.45, 2.75) is 0 Å². The van der Waals surface area contributed by atoms with Crippen LogP contribution >= 0.6 is 11.8 Å². The number of aliphatic hydroxyl groups excluding tert-OH is 1. The van der Waals surface area contributed by atoms with Gasteiger partial charge >= 0.3 is 0 Å². The maximum absolute atomic E-state index is 12.5. The minimum atomic E-state index is -0.420. The van der Waals surface area contributed by atoms with Crippen LogP contribution in [0.2, 0.25) is 0 Å². The predicted molar refractivity (Wildman–Crippen MR) is 99.2 cm³/mol. The second kappa shape index (κ2) is 8.48. The number of aliphatic hydroxyl groups is 1. The molecule has 138 valence electrons. The molecule has 1 aromatic rings. The zero-order valence-corrected chi connectivity index (χ0v) is 15.2. The Morgan fingerprint density at radius 3 is 2.46 bits per heavy atom. The lowest BCUT2D eigenvalue weighted by Gasteiger charge is -2.34. The van der Waals surface area contributed by atoms with E-state index < -0.39 is 11.1 Å². The first-order valence-electron chi connectivity index (χ1n) is 8.50. The van der Waals surface area contributed by atoms with Gasteiger partial charge < -0.3 is 10.0 Å². The highest BCUT2D eigenvalue weighted by Crippen LogP contribution is 2.32. The number of β-amino-alcohol motifs (C(OH)–C–C–N with tert-alkyl or cyclic N) is 1. The highest BCUT2D eigenvalue weighted by atomic mass is 32.2. The Balaban J connectivity index is 1.60. The van der Waals surface area contributed by atoms with E-state index in [1.165, 1.54) is 0 Å². The Hall–Kier alpha value is -2.16. The summed E-state index contributed by atoms with van der Waals surface area (Å²) in [6.45, 7) is 2.90. The molecular formula is C18H21N3O4S. The quantitative estimate of drug-likeness (QED) is 0.769. The Bertz CT molecular complexity index is 714. The van der Waals surface area contributed by atoms with Crippen LogP contribution in [0.3, 0.4) is 0 Å². The van der Waals surface area contributed by atoms with E-state index in [-0.39, 0.29) is 19.1 Å². The van der Waals surface area contributed by atoms with Gasteiger partial charge in [-0.05, 0) is 23.4 Å². The molecule has 0 radical (unpaired) electrons. The molecule has 0 atom stereocenters. The summed E-state index contributed by atoms with van der Waals surface area (Å²) < 4.78 is 0. The topological polar surface area (TPSA) is 81.2 Å². The second-order valence-electron chi connectivity index (χ2n) is 6.12. The molecule has 0 bridgehead atoms. The summed E-state index contributed by atoms with van der Waals surface area (Å²) in [5.74, 6) is -0.645. The normalized spacial score (nSPS) is 20.3. The molecule has 1 N–H and O–H groups in total. The third-order valence-electron chi connectivity index (χ3n) is 4.41. The van der Waals surface area contributed by atoms with E-state index in [0.29, 0.717) is 37.6 Å². The number of hydrogen-bond donors (Lipinski definition) is 1. The van der Waals surface area contributed by atoms with Crippen LogP contribution < -0.4 is 0 Å². The number of amides is 3. The van der Waals surface area contributed by atoms with Gasteiger partial charge in [0.15, 0.2) is 0 Å². The lowest BCUT2D eigenvalue weighted by atomic mass is 10.2. The van der Waals surface area contributed by atoms with Crippen molar-refractivity contribution < 1.29 is 19.5 Å². The molecule has 3 amide bonds. The molecule has 8 heteroatoms. The number of nitrogens with zero attached hydrogens (tertiary/aromatic N) is 3. The largest absolute Gasteiger partial charge is 0.395 e. The summed E-state index contributed by atoms with van der Waals surface area (Å²) >= 11 is 0.864. The molecular weight excluding hydrogens is 354 g/mol. The third-order valence-corrected chi connectivity index (χ3v) is 5.31. The van der Waals surface area contributed by atoms with Gasteiger partial charge in [-0.15, -0.1) is 0 Å². The van der Waals surface area contributed by atoms with Crippen LogP contribution in [-0.2, 0) is 9.59 Å². The monoisotopic (exact) mass is 375 g/mol. The molecule has 0 unspecified atom stereocenters. The molecule has 7 nitrogen and oxygen atoms in total. The standard InChI is InChI=1S/C18H21N3O4S/c22-11-10-19-6-8-20(9-7-19)16(23)13-21-17(24)15(26-18(21)25)12-14-4-2-1-3-5-14/h1-5,12,22H,6-11,13H2/b15-12+. The average molecular weight is 375 g/mol. The van der Waals surface area contributed by atoms with E-state index in [1.54, 1.807) is 11.0 Å². The lowest BCUT2D eigenvalue weighted by molar-refractivity contribution is -0.137. The van der Waals surface area contributed by atoms with Crippen molar-refractivity contribution in [1.82, 2.24) is 14.7 Å². The van der Waals surface area contributed by atoms with E-state index in [1.807, 2.05) is 30.3 Å². The highest BCUT2D eigenvalue weighted by Gasteiger charge is 2.37. The lowest BCUT2D eigenvalue weighted by Crippen LogP contribution is -2.52. The van der Waals surface area contributed by atoms with Crippen LogP contribution in [0.15, 0.2) is 35.2 Å². The molecule has 0 saturated carbocycles. The summed E-state index contributed by atoms with van der Waals surface area (Å²) in [4.78, 5) is 42.2. The van der Waals surface area contributed by atoms with Gasteiger partial charge in [-0.3, -0.25) is 24.2 Å². The zero-order valence-electron chi connectivity index (χ0n) is 14.3. The predicted octanol–water partition coefficient (Wildman–Crippen LogP) is 0.859. The van der Waals surface area contributed by atoms with E-state index in [4.69, 9.17) is 5.11 Å². The van der Waals surface area contributed by atoms with Crippen LogP contribution in [0, 0.1) is 0 Å². The van der Waals surface area contributed by atoms with E-state index in [9.17, 15) is 14.4 Å². The Morgan fingerprint density at radius 1 is 1.12 bits per heavy atom. The molecule has 3 rings (SSSR count). The van der Waals surface area contributed by atoms with Crippen LogP contribution in [0.25, 0.3) is 6.08 Å². The van der Waals surface area contributed by atoms with Crippen molar-refractivity contribution in [3.63, 3.8) is 0 Å². The van der Waals surface area contributed by atoms with Gasteiger partial charge in [0.05, 0.1) is 11.5 Å². The fourth-order valence-electron chi connectivity index (χ4n) is 2.93. The van der Waals surface area contributed by atoms with Gasteiger partial charge in [-0.1, -0.05) is 30.3 Å². The number of carbonyl (C=O) groups excluding carboxylic acids is 3. The number of benzene rings is 1. The molecule has 0 aromatic heterocycles. The van der Waals surface area contributed by atoms with Gasteiger partial charge in [0.25, 0.3) is 11.1 Å². The number of thioether (sulfide) groups is 1. The van der Waals surface area contributed by atoms with Gasteiger partial charge in [0.1, 0.15) is 6.54 Å². The minimum Gasteiger partial charge on any atom is -0.395 e. The van der Waals surface area contributed by atoms with Crippen LogP contribution in [0.4, 0.5) is 4.79 Å². The smallest absolute Gasteiger partial charge is 0.294 e. The molecule has 2 aliphatic rings. The van der Waals surface area contributed by atoms with Crippen LogP contribution in [-0.4, -0.2) is 82.7 Å². The van der Waals surface area contributed by atoms with E-state index in [0.717, 1.165) is 22.2 Å². The van der Waals surface area contributed by atoms with Crippen LogP contribution in [0.5, 0.6) is 0 Å². The summed E-state index contributed by atoms with van der Waals surface area (Å²) in [7, 11) is 0. The van der Waals surface area contributed by atoms with Gasteiger partial charge in [-0.25, -0.2) is 0 Å². The minimum absolute atomic E-state index is 0.0957. The first-order chi connectivity index (χ1) is 12.6. The number of hydrogen-bond acceptors (Lipinski definition) is 6. The first-order valence-corrected chi connectivity index (χ1v) is 9.31. The molecule has 2 saturated heterocycles. The van der Waals surface area contributed by atoms with Crippen molar-refractivity contribution in [1.29, 1.82) is 0 Å². The molecule has 0 spiro atoms. The van der Waals surface area contributed by atoms with E-state index >= 15 is 0 Å². The van der Waals surface area contributed by atoms with Crippen molar-refractivity contribution in [2.75, 3.05) is 45.9 Å². The van der Waals surface area contributed by atoms with Gasteiger partial charge in [0, 0.05) is 32.7 Å². The summed E-state index contributed by atoms with van der Waals surface area (Å²) in [5, 5.41) is 8.55. The maximum Gasteiger partial charge on any atom is 0.294 e. The SMILES string of the molecule is O=C(CN1C(=O)S/C(=C/c2ccccc2)C1=O)N1CCN(CCO)CC1. The fourth-order valence-corrected chi connectivity index (χ4v) is 3.77. The maximum atomic E-state index is 12.5.